The first kappa shape index (κ1) is 79.2. The normalized spacial score (nSPS) is 13.6. The van der Waals surface area contributed by atoms with Crippen molar-refractivity contribution >= 4 is 25.7 Å². The van der Waals surface area contributed by atoms with E-state index in [0.717, 1.165) is 70.6 Å². The van der Waals surface area contributed by atoms with E-state index in [0.29, 0.717) is 25.7 Å². The average Bonchev–Trinajstić information content (AvgIpc) is 3.47. The van der Waals surface area contributed by atoms with Gasteiger partial charge in [-0.25, -0.2) is 4.57 Å². The molecule has 0 aliphatic rings. The summed E-state index contributed by atoms with van der Waals surface area (Å²) in [5.74, 6) is -1.51. The monoisotopic (exact) mass is 1170 g/mol. The topological polar surface area (TPSA) is 155 Å². The number of hydrogen-bond acceptors (Lipinski definition) is 10. The third-order valence-corrected chi connectivity index (χ3v) is 15.9. The Balaban J connectivity index is 4.68. The van der Waals surface area contributed by atoms with Crippen molar-refractivity contribution in [2.24, 2.45) is 0 Å². The molecule has 478 valence electrons. The molecule has 2 N–H and O–H groups in total. The number of aliphatic hydroxyl groups excluding tert-OH is 1. The van der Waals surface area contributed by atoms with Crippen LogP contribution in [0.4, 0.5) is 0 Å². The SMILES string of the molecule is CC/C=C\C/C=C\C/C=C\C/C=C\C/C=C\CCCC(=O)OCC(COP(=O)(O)OCC(CO)OC(=O)CCCCCCCCCCCCCCCCCCCCC)OC(=O)CCCCCCCCCCCCCCCCCCCCC. The van der Waals surface area contributed by atoms with Gasteiger partial charge in [0.2, 0.25) is 0 Å². The van der Waals surface area contributed by atoms with E-state index in [-0.39, 0.29) is 25.9 Å². The van der Waals surface area contributed by atoms with Gasteiger partial charge in [0.1, 0.15) is 12.7 Å². The van der Waals surface area contributed by atoms with Gasteiger partial charge in [0.25, 0.3) is 0 Å². The molecule has 0 aliphatic carbocycles. The lowest BCUT2D eigenvalue weighted by Gasteiger charge is -2.21. The van der Waals surface area contributed by atoms with Gasteiger partial charge in [0.05, 0.1) is 19.8 Å². The lowest BCUT2D eigenvalue weighted by molar-refractivity contribution is -0.161. The fraction of sp³-hybridized carbons (Fsp3) is 0.814. The zero-order chi connectivity index (χ0) is 59.8. The summed E-state index contributed by atoms with van der Waals surface area (Å²) in [6, 6.07) is 0. The maximum atomic E-state index is 13.0. The molecule has 0 amide bonds. The first-order valence-electron chi connectivity index (χ1n) is 34.2. The Hall–Kier alpha value is -2.82. The van der Waals surface area contributed by atoms with Crippen LogP contribution in [0.15, 0.2) is 60.8 Å². The van der Waals surface area contributed by atoms with E-state index >= 15 is 0 Å². The number of allylic oxidation sites excluding steroid dienone is 10. The van der Waals surface area contributed by atoms with Crippen molar-refractivity contribution in [1.29, 1.82) is 0 Å². The maximum absolute atomic E-state index is 13.0. The number of esters is 3. The van der Waals surface area contributed by atoms with Crippen LogP contribution in [-0.2, 0) is 42.2 Å². The Bertz CT molecular complexity index is 1610. The minimum Gasteiger partial charge on any atom is -0.462 e. The predicted octanol–water partition coefficient (Wildman–Crippen LogP) is 21.0. The van der Waals surface area contributed by atoms with Crippen molar-refractivity contribution in [1.82, 2.24) is 0 Å². The van der Waals surface area contributed by atoms with Crippen molar-refractivity contribution in [2.45, 2.75) is 341 Å². The van der Waals surface area contributed by atoms with Crippen molar-refractivity contribution < 1.29 is 52.2 Å². The Labute approximate surface area is 504 Å². The molecule has 0 bridgehead atoms. The van der Waals surface area contributed by atoms with E-state index in [4.69, 9.17) is 23.3 Å². The lowest BCUT2D eigenvalue weighted by atomic mass is 10.0. The molecule has 0 spiro atoms. The van der Waals surface area contributed by atoms with E-state index in [2.05, 4.69) is 75.5 Å². The molecule has 11 nitrogen and oxygen atoms in total. The van der Waals surface area contributed by atoms with E-state index in [1.807, 2.05) is 6.08 Å². The molecule has 0 saturated carbocycles. The Morgan fingerprint density at radius 2 is 0.634 bits per heavy atom. The van der Waals surface area contributed by atoms with Crippen LogP contribution in [0.2, 0.25) is 0 Å². The van der Waals surface area contributed by atoms with Crippen LogP contribution in [0, 0.1) is 0 Å². The summed E-state index contributed by atoms with van der Waals surface area (Å²) in [4.78, 5) is 48.8. The fourth-order valence-electron chi connectivity index (χ4n) is 9.81. The van der Waals surface area contributed by atoms with Crippen LogP contribution in [0.5, 0.6) is 0 Å². The Kier molecular flexibility index (Phi) is 62.0. The number of aliphatic hydroxyl groups is 1. The molecule has 0 fully saturated rings. The van der Waals surface area contributed by atoms with Gasteiger partial charge in [-0.2, -0.15) is 0 Å². The van der Waals surface area contributed by atoms with Gasteiger partial charge in [0, 0.05) is 19.3 Å². The number of carbonyl (C=O) groups excluding carboxylic acids is 3. The summed E-state index contributed by atoms with van der Waals surface area (Å²) in [6.07, 6.45) is 73.3. The van der Waals surface area contributed by atoms with Crippen LogP contribution in [0.25, 0.3) is 0 Å². The molecule has 0 aromatic heterocycles. The summed E-state index contributed by atoms with van der Waals surface area (Å²) in [5.41, 5.74) is 0. The quantitative estimate of drug-likeness (QED) is 0.0197. The third-order valence-electron chi connectivity index (χ3n) is 15.0. The van der Waals surface area contributed by atoms with Crippen molar-refractivity contribution in [3.63, 3.8) is 0 Å². The smallest absolute Gasteiger partial charge is 0.462 e. The average molecular weight is 1180 g/mol. The predicted molar refractivity (Wildman–Crippen MR) is 344 cm³/mol. The molecule has 3 unspecified atom stereocenters. The summed E-state index contributed by atoms with van der Waals surface area (Å²) >= 11 is 0. The summed E-state index contributed by atoms with van der Waals surface area (Å²) < 4.78 is 39.7. The first-order chi connectivity index (χ1) is 40.2. The molecule has 0 aliphatic heterocycles. The molecule has 0 saturated heterocycles. The van der Waals surface area contributed by atoms with Crippen molar-refractivity contribution in [3.8, 4) is 0 Å². The number of rotatable bonds is 64. The van der Waals surface area contributed by atoms with Gasteiger partial charge >= 0.3 is 25.7 Å². The summed E-state index contributed by atoms with van der Waals surface area (Å²) in [7, 11) is -4.77. The van der Waals surface area contributed by atoms with E-state index in [1.165, 1.54) is 193 Å². The molecular weight excluding hydrogens is 1050 g/mol. The molecule has 12 heteroatoms. The van der Waals surface area contributed by atoms with Gasteiger partial charge in [-0.15, -0.1) is 0 Å². The molecule has 3 atom stereocenters. The van der Waals surface area contributed by atoms with Gasteiger partial charge in [-0.05, 0) is 57.8 Å². The second-order valence-corrected chi connectivity index (χ2v) is 24.4. The van der Waals surface area contributed by atoms with Crippen LogP contribution < -0.4 is 0 Å². The first-order valence-corrected chi connectivity index (χ1v) is 35.7. The lowest BCUT2D eigenvalue weighted by Crippen LogP contribution is -2.30. The van der Waals surface area contributed by atoms with Gasteiger partial charge in [-0.3, -0.25) is 23.4 Å². The third kappa shape index (κ3) is 61.7. The Morgan fingerprint density at radius 1 is 0.354 bits per heavy atom. The van der Waals surface area contributed by atoms with Crippen molar-refractivity contribution in [3.05, 3.63) is 60.8 Å². The van der Waals surface area contributed by atoms with E-state index in [9.17, 15) is 28.9 Å². The highest BCUT2D eigenvalue weighted by Gasteiger charge is 2.28. The Morgan fingerprint density at radius 3 is 0.963 bits per heavy atom. The second kappa shape index (κ2) is 64.2. The summed E-state index contributed by atoms with van der Waals surface area (Å²) in [6.45, 7) is 4.55. The molecule has 0 radical (unpaired) electrons. The van der Waals surface area contributed by atoms with Crippen LogP contribution >= 0.6 is 7.82 Å². The van der Waals surface area contributed by atoms with E-state index < -0.39 is 57.8 Å². The second-order valence-electron chi connectivity index (χ2n) is 23.0. The number of carbonyl (C=O) groups is 3. The van der Waals surface area contributed by atoms with E-state index in [1.54, 1.807) is 0 Å². The molecular formula is C70H127O11P. The number of hydrogen-bond donors (Lipinski definition) is 2. The van der Waals surface area contributed by atoms with Gasteiger partial charge in [0.15, 0.2) is 6.10 Å². The molecule has 82 heavy (non-hydrogen) atoms. The van der Waals surface area contributed by atoms with Crippen molar-refractivity contribution in [2.75, 3.05) is 26.4 Å². The highest BCUT2D eigenvalue weighted by Crippen LogP contribution is 2.43. The van der Waals surface area contributed by atoms with Crippen LogP contribution in [-0.4, -0.2) is 66.5 Å². The summed E-state index contributed by atoms with van der Waals surface area (Å²) in [5, 5.41) is 9.88. The number of phosphoric ester groups is 1. The zero-order valence-electron chi connectivity index (χ0n) is 53.2. The van der Waals surface area contributed by atoms with Gasteiger partial charge in [-0.1, -0.05) is 313 Å². The van der Waals surface area contributed by atoms with Crippen LogP contribution in [0.1, 0.15) is 329 Å². The highest BCUT2D eigenvalue weighted by molar-refractivity contribution is 7.47. The van der Waals surface area contributed by atoms with Crippen LogP contribution in [0.3, 0.4) is 0 Å². The maximum Gasteiger partial charge on any atom is 0.472 e. The number of ether oxygens (including phenoxy) is 3. The fourth-order valence-corrected chi connectivity index (χ4v) is 10.6. The standard InChI is InChI=1S/C70H127O11P/c1-4-7-10-13-16-19-22-25-28-31-33-36-39-42-45-48-51-54-57-60-69(73)80-66(62-71)64-78-82(75,76)79-65-67(63-77-68(72)59-56-53-50-47-44-41-38-35-30-27-24-21-18-15-12-9-6-3)81-70(74)61-58-55-52-49-46-43-40-37-34-32-29-26-23-20-17-14-11-8-5-2/h9,12,18,21,27,30,38,41,47,50,66-67,71H,4-8,10-11,13-17,19-20,22-26,28-29,31-37,39-40,42-46,48-49,51-65H2,1-3H3,(H,75,76)/b12-9-,21-18-,30-27-,41-38-,50-47-. The largest absolute Gasteiger partial charge is 0.472 e. The number of phosphoric acid groups is 1. The minimum absolute atomic E-state index is 0.150. The van der Waals surface area contributed by atoms with Gasteiger partial charge < -0.3 is 24.2 Å². The molecule has 0 aromatic carbocycles. The minimum atomic E-state index is -4.77. The number of unbranched alkanes of at least 4 members (excludes halogenated alkanes) is 37. The molecule has 0 aromatic rings. The highest BCUT2D eigenvalue weighted by atomic mass is 31.2. The molecule has 0 heterocycles. The zero-order valence-corrected chi connectivity index (χ0v) is 54.1. The molecule has 0 rings (SSSR count).